The van der Waals surface area contributed by atoms with Gasteiger partial charge in [-0.05, 0) is 32.8 Å². The monoisotopic (exact) mass is 318 g/mol. The smallest absolute Gasteiger partial charge is 0.320 e. The van der Waals surface area contributed by atoms with Crippen LogP contribution in [-0.2, 0) is 14.3 Å². The minimum atomic E-state index is -1.17. The summed E-state index contributed by atoms with van der Waals surface area (Å²) in [7, 11) is 1.30. The van der Waals surface area contributed by atoms with Crippen molar-refractivity contribution in [2.45, 2.75) is 26.7 Å². The Morgan fingerprint density at radius 2 is 2.22 bits per heavy atom. The van der Waals surface area contributed by atoms with Crippen LogP contribution in [-0.4, -0.2) is 35.7 Å². The Bertz CT molecular complexity index is 650. The Balaban J connectivity index is 2.60. The minimum absolute atomic E-state index is 0.0526. The summed E-state index contributed by atoms with van der Waals surface area (Å²) in [5.41, 5.74) is 1.02. The fourth-order valence-corrected chi connectivity index (χ4v) is 3.35. The first-order chi connectivity index (χ1) is 10.9. The van der Waals surface area contributed by atoms with E-state index in [9.17, 15) is 19.8 Å². The van der Waals surface area contributed by atoms with Crippen molar-refractivity contribution in [1.82, 2.24) is 0 Å². The van der Waals surface area contributed by atoms with Crippen molar-refractivity contribution in [3.8, 4) is 0 Å². The summed E-state index contributed by atoms with van der Waals surface area (Å²) in [4.78, 5) is 24.4. The molecule has 0 aromatic heterocycles. The maximum atomic E-state index is 12.6. The lowest BCUT2D eigenvalue weighted by Crippen LogP contribution is -2.44. The lowest BCUT2D eigenvalue weighted by atomic mass is 9.60. The summed E-state index contributed by atoms with van der Waals surface area (Å²) >= 11 is 0. The van der Waals surface area contributed by atoms with Gasteiger partial charge >= 0.3 is 5.97 Å². The van der Waals surface area contributed by atoms with E-state index in [0.717, 1.165) is 11.1 Å². The average molecular weight is 318 g/mol. The Hall–Kier alpha value is -2.14. The Morgan fingerprint density at radius 1 is 1.52 bits per heavy atom. The molecule has 0 radical (unpaired) electrons. The van der Waals surface area contributed by atoms with E-state index in [4.69, 9.17) is 4.74 Å². The van der Waals surface area contributed by atoms with E-state index in [0.29, 0.717) is 18.4 Å². The van der Waals surface area contributed by atoms with E-state index in [2.05, 4.69) is 0 Å². The maximum absolute atomic E-state index is 12.6. The number of carbonyl (C=O) groups is 2. The van der Waals surface area contributed by atoms with Gasteiger partial charge in [-0.2, -0.15) is 0 Å². The van der Waals surface area contributed by atoms with Gasteiger partial charge in [0.15, 0.2) is 5.76 Å². The first kappa shape index (κ1) is 17.2. The molecular weight excluding hydrogens is 296 g/mol. The van der Waals surface area contributed by atoms with Crippen molar-refractivity contribution in [1.29, 1.82) is 0 Å². The molecule has 0 saturated carbocycles. The highest BCUT2D eigenvalue weighted by Gasteiger charge is 2.52. The Labute approximate surface area is 135 Å². The molecule has 0 spiro atoms. The fourth-order valence-electron chi connectivity index (χ4n) is 3.35. The van der Waals surface area contributed by atoms with Crippen LogP contribution >= 0.6 is 0 Å². The molecule has 0 heterocycles. The van der Waals surface area contributed by atoms with Crippen molar-refractivity contribution in [2.75, 3.05) is 13.7 Å². The minimum Gasteiger partial charge on any atom is -0.504 e. The molecular formula is C18H22O5. The van der Waals surface area contributed by atoms with Crippen molar-refractivity contribution in [2.24, 2.45) is 11.3 Å². The number of aliphatic hydroxyl groups excluding tert-OH is 2. The third-order valence-corrected chi connectivity index (χ3v) is 4.72. The van der Waals surface area contributed by atoms with E-state index < -0.39 is 17.2 Å². The van der Waals surface area contributed by atoms with Crippen LogP contribution in [0.1, 0.15) is 26.7 Å². The number of fused-ring (bicyclic) bond motifs is 1. The van der Waals surface area contributed by atoms with Crippen molar-refractivity contribution in [3.63, 3.8) is 0 Å². The summed E-state index contributed by atoms with van der Waals surface area (Å²) in [6.07, 6.45) is 7.42. The second-order valence-corrected chi connectivity index (χ2v) is 6.03. The number of esters is 1. The number of ketones is 1. The van der Waals surface area contributed by atoms with Gasteiger partial charge < -0.3 is 14.9 Å². The summed E-state index contributed by atoms with van der Waals surface area (Å²) in [6.45, 7) is 3.68. The first-order valence-electron chi connectivity index (χ1n) is 7.56. The zero-order chi connectivity index (χ0) is 17.2. The van der Waals surface area contributed by atoms with Gasteiger partial charge in [0.25, 0.3) is 0 Å². The third-order valence-electron chi connectivity index (χ3n) is 4.72. The van der Waals surface area contributed by atoms with Crippen molar-refractivity contribution < 1.29 is 24.5 Å². The van der Waals surface area contributed by atoms with Crippen LogP contribution in [0, 0.1) is 11.3 Å². The fraction of sp³-hybridized carbons (Fsp3) is 0.444. The van der Waals surface area contributed by atoms with Gasteiger partial charge in [-0.3, -0.25) is 9.59 Å². The molecule has 2 atom stereocenters. The first-order valence-corrected chi connectivity index (χ1v) is 7.56. The molecule has 2 rings (SSSR count). The van der Waals surface area contributed by atoms with Crippen LogP contribution in [0.3, 0.4) is 0 Å². The predicted octanol–water partition coefficient (Wildman–Crippen LogP) is 2.39. The average Bonchev–Trinajstić information content (AvgIpc) is 2.56. The van der Waals surface area contributed by atoms with Crippen molar-refractivity contribution in [3.05, 3.63) is 46.8 Å². The standard InChI is InChI=1S/C18H22O5/c1-11(10-19)4-6-13-12(2)5-7-14-16(21)15(20)8-9-18(13,14)17(22)23-3/h4-5,8-9,13,19,21H,6-7,10H2,1-3H3/b11-4-. The van der Waals surface area contributed by atoms with Crippen LogP contribution in [0.2, 0.25) is 0 Å². The lowest BCUT2D eigenvalue weighted by molar-refractivity contribution is -0.150. The number of carbonyl (C=O) groups excluding carboxylic acids is 2. The van der Waals surface area contributed by atoms with Gasteiger partial charge in [0.1, 0.15) is 5.41 Å². The summed E-state index contributed by atoms with van der Waals surface area (Å²) in [6, 6.07) is 0. The SMILES string of the molecule is COC(=O)C12C=CC(=O)C(O)=C1CC=C(C)C2C/C=C(/C)CO. The normalized spacial score (nSPS) is 27.7. The van der Waals surface area contributed by atoms with Gasteiger partial charge in [0.2, 0.25) is 5.78 Å². The van der Waals surface area contributed by atoms with Crippen molar-refractivity contribution >= 4 is 11.8 Å². The molecule has 2 N–H and O–H groups in total. The topological polar surface area (TPSA) is 83.8 Å². The number of hydrogen-bond acceptors (Lipinski definition) is 5. The van der Waals surface area contributed by atoms with E-state index in [-0.39, 0.29) is 18.3 Å². The van der Waals surface area contributed by atoms with E-state index in [1.807, 2.05) is 19.1 Å². The molecule has 0 amide bonds. The highest BCUT2D eigenvalue weighted by Crippen LogP contribution is 2.51. The summed E-state index contributed by atoms with van der Waals surface area (Å²) in [5.74, 6) is -1.62. The zero-order valence-corrected chi connectivity index (χ0v) is 13.6. The molecule has 2 aliphatic rings. The molecule has 2 unspecified atom stereocenters. The number of allylic oxidation sites excluding steroid dienone is 4. The van der Waals surface area contributed by atoms with Crippen LogP contribution in [0.15, 0.2) is 46.8 Å². The number of aliphatic hydroxyl groups is 2. The van der Waals surface area contributed by atoms with Gasteiger partial charge in [-0.1, -0.05) is 29.4 Å². The lowest BCUT2D eigenvalue weighted by Gasteiger charge is -2.42. The Kier molecular flexibility index (Phi) is 4.90. The highest BCUT2D eigenvalue weighted by molar-refractivity contribution is 6.06. The summed E-state index contributed by atoms with van der Waals surface area (Å²) in [5, 5.41) is 19.4. The largest absolute Gasteiger partial charge is 0.504 e. The second-order valence-electron chi connectivity index (χ2n) is 6.03. The molecule has 0 saturated heterocycles. The van der Waals surface area contributed by atoms with Crippen LogP contribution in [0.25, 0.3) is 0 Å². The van der Waals surface area contributed by atoms with Crippen LogP contribution in [0.4, 0.5) is 0 Å². The molecule has 23 heavy (non-hydrogen) atoms. The van der Waals surface area contributed by atoms with Gasteiger partial charge in [-0.25, -0.2) is 0 Å². The van der Waals surface area contributed by atoms with Gasteiger partial charge in [0, 0.05) is 11.5 Å². The molecule has 0 aromatic carbocycles. The number of hydrogen-bond donors (Lipinski definition) is 2. The predicted molar refractivity (Wildman–Crippen MR) is 85.6 cm³/mol. The third kappa shape index (κ3) is 2.77. The summed E-state index contributed by atoms with van der Waals surface area (Å²) < 4.78 is 5.00. The maximum Gasteiger partial charge on any atom is 0.320 e. The quantitative estimate of drug-likeness (QED) is 0.614. The van der Waals surface area contributed by atoms with E-state index >= 15 is 0 Å². The van der Waals surface area contributed by atoms with E-state index in [1.165, 1.54) is 13.2 Å². The zero-order valence-electron chi connectivity index (χ0n) is 13.6. The van der Waals surface area contributed by atoms with E-state index in [1.54, 1.807) is 13.0 Å². The number of ether oxygens (including phenoxy) is 1. The van der Waals surface area contributed by atoms with Crippen LogP contribution < -0.4 is 0 Å². The molecule has 2 aliphatic carbocycles. The van der Waals surface area contributed by atoms with Gasteiger partial charge in [-0.15, -0.1) is 0 Å². The molecule has 0 aliphatic heterocycles. The van der Waals surface area contributed by atoms with Gasteiger partial charge in [0.05, 0.1) is 13.7 Å². The Morgan fingerprint density at radius 3 is 2.83 bits per heavy atom. The highest BCUT2D eigenvalue weighted by atomic mass is 16.5. The molecule has 0 fully saturated rings. The molecule has 5 heteroatoms. The molecule has 0 bridgehead atoms. The molecule has 5 nitrogen and oxygen atoms in total. The van der Waals surface area contributed by atoms with Crippen LogP contribution in [0.5, 0.6) is 0 Å². The second kappa shape index (κ2) is 6.54. The number of methoxy groups -OCH3 is 1. The number of rotatable bonds is 4. The molecule has 124 valence electrons. The molecule has 0 aromatic rings.